The third kappa shape index (κ3) is 8.71. The first kappa shape index (κ1) is 29.9. The van der Waals surface area contributed by atoms with Crippen LogP contribution in [0.5, 0.6) is 11.5 Å². The monoisotopic (exact) mass is 575 g/mol. The molecule has 0 aliphatic heterocycles. The zero-order valence-corrected chi connectivity index (χ0v) is 25.0. The summed E-state index contributed by atoms with van der Waals surface area (Å²) in [5.41, 5.74) is 5.62. The van der Waals surface area contributed by atoms with Crippen LogP contribution < -0.4 is 14.8 Å². The van der Waals surface area contributed by atoms with Gasteiger partial charge in [-0.15, -0.1) is 0 Å². The van der Waals surface area contributed by atoms with Gasteiger partial charge in [-0.25, -0.2) is 4.98 Å². The van der Waals surface area contributed by atoms with Crippen LogP contribution in [0.1, 0.15) is 43.5 Å². The van der Waals surface area contributed by atoms with Crippen LogP contribution in [0.25, 0.3) is 22.2 Å². The lowest BCUT2D eigenvalue weighted by molar-refractivity contribution is -0.120. The molecule has 6 heteroatoms. The zero-order valence-electron chi connectivity index (χ0n) is 25.0. The highest BCUT2D eigenvalue weighted by atomic mass is 16.5. The minimum Gasteiger partial charge on any atom is -0.497 e. The van der Waals surface area contributed by atoms with Gasteiger partial charge < -0.3 is 19.4 Å². The lowest BCUT2D eigenvalue weighted by Crippen LogP contribution is -2.26. The number of fused-ring (bicyclic) bond motifs is 1. The van der Waals surface area contributed by atoms with Crippen LogP contribution in [0.2, 0.25) is 0 Å². The second-order valence-electron chi connectivity index (χ2n) is 10.8. The maximum atomic E-state index is 12.5. The highest BCUT2D eigenvalue weighted by Crippen LogP contribution is 2.22. The smallest absolute Gasteiger partial charge is 0.224 e. The van der Waals surface area contributed by atoms with Crippen LogP contribution in [-0.2, 0) is 24.2 Å². The van der Waals surface area contributed by atoms with Gasteiger partial charge in [0.25, 0.3) is 0 Å². The van der Waals surface area contributed by atoms with Crippen LogP contribution in [0.15, 0.2) is 103 Å². The molecular weight excluding hydrogens is 534 g/mol. The molecule has 0 aliphatic carbocycles. The molecule has 5 rings (SSSR count). The molecule has 0 atom stereocenters. The summed E-state index contributed by atoms with van der Waals surface area (Å²) in [6, 6.07) is 34.6. The second kappa shape index (κ2) is 15.6. The van der Waals surface area contributed by atoms with Crippen molar-refractivity contribution in [3.05, 3.63) is 115 Å². The van der Waals surface area contributed by atoms with E-state index >= 15 is 0 Å². The molecule has 0 saturated heterocycles. The number of nitrogens with one attached hydrogen (secondary N) is 1. The number of methoxy groups -OCH3 is 1. The predicted molar refractivity (Wildman–Crippen MR) is 174 cm³/mol. The van der Waals surface area contributed by atoms with Crippen molar-refractivity contribution in [2.45, 2.75) is 51.5 Å². The summed E-state index contributed by atoms with van der Waals surface area (Å²) in [5.74, 6) is 2.85. The van der Waals surface area contributed by atoms with Crippen molar-refractivity contribution in [2.75, 3.05) is 20.3 Å². The number of ether oxygens (including phenoxy) is 2. The summed E-state index contributed by atoms with van der Waals surface area (Å²) >= 11 is 0. The lowest BCUT2D eigenvalue weighted by Gasteiger charge is -2.11. The Hall–Kier alpha value is -4.58. The van der Waals surface area contributed by atoms with Gasteiger partial charge in [-0.1, -0.05) is 79.2 Å². The molecule has 1 amide bonds. The Bertz CT molecular complexity index is 1580. The van der Waals surface area contributed by atoms with Gasteiger partial charge in [0.2, 0.25) is 5.91 Å². The number of hydrogen-bond acceptors (Lipinski definition) is 4. The summed E-state index contributed by atoms with van der Waals surface area (Å²) in [6.45, 7) is 2.28. The SMILES string of the molecule is COc1cccc(OCCCCn2c(CCCCCNC(=O)Cc3ccc(-c4ccccc4)cc3)nc3ccccc32)c1. The molecule has 6 nitrogen and oxygen atoms in total. The largest absolute Gasteiger partial charge is 0.497 e. The van der Waals surface area contributed by atoms with Crippen molar-refractivity contribution in [1.82, 2.24) is 14.9 Å². The molecule has 1 aromatic heterocycles. The van der Waals surface area contributed by atoms with E-state index in [2.05, 4.69) is 52.3 Å². The Labute approximate surface area is 254 Å². The van der Waals surface area contributed by atoms with E-state index in [4.69, 9.17) is 14.5 Å². The van der Waals surface area contributed by atoms with Gasteiger partial charge in [0.1, 0.15) is 17.3 Å². The molecule has 0 bridgehead atoms. The number of rotatable bonds is 16. The molecule has 0 aliphatic rings. The van der Waals surface area contributed by atoms with Crippen LogP contribution in [0, 0.1) is 0 Å². The number of aryl methyl sites for hydroxylation is 2. The van der Waals surface area contributed by atoms with Crippen molar-refractivity contribution in [1.29, 1.82) is 0 Å². The summed E-state index contributed by atoms with van der Waals surface area (Å²) < 4.78 is 13.6. The predicted octanol–water partition coefficient (Wildman–Crippen LogP) is 7.64. The molecule has 1 heterocycles. The first-order chi connectivity index (χ1) is 21.2. The number of hydrogen-bond donors (Lipinski definition) is 1. The number of benzene rings is 4. The van der Waals surface area contributed by atoms with Crippen LogP contribution in [-0.4, -0.2) is 35.7 Å². The number of aromatic nitrogens is 2. The van der Waals surface area contributed by atoms with Crippen molar-refractivity contribution >= 4 is 16.9 Å². The molecule has 0 saturated carbocycles. The standard InChI is InChI=1S/C37H41N3O3/c1-42-32-15-12-16-33(28-32)43-26-11-10-25-40-35-18-8-7-17-34(35)39-36(40)19-6-3-9-24-38-37(41)27-29-20-22-31(23-21-29)30-13-4-2-5-14-30/h2,4-5,7-8,12-18,20-23,28H,3,6,9-11,19,24-27H2,1H3,(H,38,41). The number of carbonyl (C=O) groups is 1. The summed E-state index contributed by atoms with van der Waals surface area (Å²) in [7, 11) is 1.66. The normalized spacial score (nSPS) is 11.0. The summed E-state index contributed by atoms with van der Waals surface area (Å²) in [6.07, 6.45) is 6.35. The van der Waals surface area contributed by atoms with E-state index in [0.29, 0.717) is 19.6 Å². The summed E-state index contributed by atoms with van der Waals surface area (Å²) in [5, 5.41) is 3.09. The van der Waals surface area contributed by atoms with E-state index in [9.17, 15) is 4.79 Å². The van der Waals surface area contributed by atoms with Crippen molar-refractivity contribution in [2.24, 2.45) is 0 Å². The fourth-order valence-electron chi connectivity index (χ4n) is 5.32. The molecule has 0 unspecified atom stereocenters. The maximum absolute atomic E-state index is 12.5. The van der Waals surface area contributed by atoms with Crippen LogP contribution in [0.3, 0.4) is 0 Å². The Balaban J connectivity index is 1.02. The molecule has 4 aromatic carbocycles. The van der Waals surface area contributed by atoms with Gasteiger partial charge in [0, 0.05) is 25.6 Å². The Kier molecular flexibility index (Phi) is 10.8. The van der Waals surface area contributed by atoms with Crippen molar-refractivity contribution in [3.63, 3.8) is 0 Å². The number of unbranched alkanes of at least 4 members (excludes halogenated alkanes) is 3. The van der Waals surface area contributed by atoms with E-state index in [1.807, 2.05) is 60.7 Å². The topological polar surface area (TPSA) is 65.4 Å². The number of para-hydroxylation sites is 2. The molecule has 0 spiro atoms. The van der Waals surface area contributed by atoms with Gasteiger partial charge in [-0.05, 0) is 66.6 Å². The van der Waals surface area contributed by atoms with Gasteiger partial charge in [0.05, 0.1) is 31.2 Å². The quantitative estimate of drug-likeness (QED) is 0.123. The third-order valence-electron chi connectivity index (χ3n) is 7.64. The second-order valence-corrected chi connectivity index (χ2v) is 10.8. The maximum Gasteiger partial charge on any atom is 0.224 e. The molecule has 43 heavy (non-hydrogen) atoms. The van der Waals surface area contributed by atoms with Crippen LogP contribution >= 0.6 is 0 Å². The molecular formula is C37H41N3O3. The minimum atomic E-state index is 0.0737. The van der Waals surface area contributed by atoms with Gasteiger partial charge in [0.15, 0.2) is 0 Å². The molecule has 0 radical (unpaired) electrons. The molecule has 1 N–H and O–H groups in total. The molecule has 0 fully saturated rings. The van der Waals surface area contributed by atoms with Gasteiger partial charge in [-0.2, -0.15) is 0 Å². The van der Waals surface area contributed by atoms with Crippen molar-refractivity contribution < 1.29 is 14.3 Å². The van der Waals surface area contributed by atoms with E-state index in [-0.39, 0.29) is 5.91 Å². The highest BCUT2D eigenvalue weighted by molar-refractivity contribution is 5.79. The first-order valence-electron chi connectivity index (χ1n) is 15.3. The van der Waals surface area contributed by atoms with E-state index < -0.39 is 0 Å². The first-order valence-corrected chi connectivity index (χ1v) is 15.3. The Morgan fingerprint density at radius 3 is 2.37 bits per heavy atom. The summed E-state index contributed by atoms with van der Waals surface area (Å²) in [4.78, 5) is 17.4. The van der Waals surface area contributed by atoms with Gasteiger partial charge >= 0.3 is 0 Å². The number of imidazole rings is 1. The molecule has 5 aromatic rings. The fraction of sp³-hybridized carbons (Fsp3) is 0.297. The minimum absolute atomic E-state index is 0.0737. The Morgan fingerprint density at radius 1 is 0.767 bits per heavy atom. The third-order valence-corrected chi connectivity index (χ3v) is 7.64. The van der Waals surface area contributed by atoms with Gasteiger partial charge in [-0.3, -0.25) is 4.79 Å². The zero-order chi connectivity index (χ0) is 29.7. The number of amides is 1. The van der Waals surface area contributed by atoms with E-state index in [0.717, 1.165) is 79.0 Å². The highest BCUT2D eigenvalue weighted by Gasteiger charge is 2.10. The average molecular weight is 576 g/mol. The fourth-order valence-corrected chi connectivity index (χ4v) is 5.32. The number of nitrogens with zero attached hydrogens (tertiary/aromatic N) is 2. The average Bonchev–Trinajstić information content (AvgIpc) is 3.40. The Morgan fingerprint density at radius 2 is 1.53 bits per heavy atom. The van der Waals surface area contributed by atoms with Crippen LogP contribution in [0.4, 0.5) is 0 Å². The van der Waals surface area contributed by atoms with E-state index in [1.165, 1.54) is 11.1 Å². The number of carbonyl (C=O) groups excluding carboxylic acids is 1. The molecule has 222 valence electrons. The van der Waals surface area contributed by atoms with E-state index in [1.54, 1.807) is 7.11 Å². The lowest BCUT2D eigenvalue weighted by atomic mass is 10.0. The van der Waals surface area contributed by atoms with Crippen molar-refractivity contribution in [3.8, 4) is 22.6 Å².